The zero-order chi connectivity index (χ0) is 13.9. The Morgan fingerprint density at radius 2 is 2.21 bits per heavy atom. The molecular weight excluding hydrogens is 264 g/mol. The molecule has 1 aromatic heterocycles. The summed E-state index contributed by atoms with van der Waals surface area (Å²) in [6.07, 6.45) is 4.22. The van der Waals surface area contributed by atoms with Crippen LogP contribution in [0.15, 0.2) is 10.6 Å². The second-order valence-corrected chi connectivity index (χ2v) is 7.09. The SMILES string of the molecule is CCCc1cc([C@H]2CCCN2S(=O)(=O)CCC)no1. The normalized spacial score (nSPS) is 21.1. The Morgan fingerprint density at radius 3 is 2.89 bits per heavy atom. The molecule has 1 aromatic rings. The van der Waals surface area contributed by atoms with Gasteiger partial charge in [0.15, 0.2) is 0 Å². The van der Waals surface area contributed by atoms with Gasteiger partial charge in [-0.2, -0.15) is 4.31 Å². The molecule has 1 fully saturated rings. The van der Waals surface area contributed by atoms with Gasteiger partial charge in [0.2, 0.25) is 10.0 Å². The fraction of sp³-hybridized carbons (Fsp3) is 0.769. The second kappa shape index (κ2) is 6.05. The van der Waals surface area contributed by atoms with Crippen LogP contribution < -0.4 is 0 Å². The first-order valence-corrected chi connectivity index (χ1v) is 8.64. The molecule has 0 saturated carbocycles. The third-order valence-corrected chi connectivity index (χ3v) is 5.51. The first-order valence-electron chi connectivity index (χ1n) is 7.03. The largest absolute Gasteiger partial charge is 0.361 e. The summed E-state index contributed by atoms with van der Waals surface area (Å²) in [5.41, 5.74) is 0.764. The van der Waals surface area contributed by atoms with Crippen LogP contribution in [0.1, 0.15) is 57.0 Å². The lowest BCUT2D eigenvalue weighted by atomic mass is 10.1. The lowest BCUT2D eigenvalue weighted by Gasteiger charge is -2.21. The van der Waals surface area contributed by atoms with Crippen LogP contribution in [0, 0.1) is 0 Å². The van der Waals surface area contributed by atoms with Gasteiger partial charge in [-0.15, -0.1) is 0 Å². The second-order valence-electron chi connectivity index (χ2n) is 5.05. The molecule has 0 spiro atoms. The maximum atomic E-state index is 12.2. The maximum absolute atomic E-state index is 12.2. The highest BCUT2D eigenvalue weighted by atomic mass is 32.2. The summed E-state index contributed by atoms with van der Waals surface area (Å²) in [6, 6.07) is 1.78. The van der Waals surface area contributed by atoms with Crippen molar-refractivity contribution in [1.82, 2.24) is 9.46 Å². The standard InChI is InChI=1S/C13H22N2O3S/c1-3-6-11-10-12(14-18-11)13-7-5-8-15(13)19(16,17)9-4-2/h10,13H,3-9H2,1-2H3/t13-/m1/s1. The highest BCUT2D eigenvalue weighted by Gasteiger charge is 2.36. The maximum Gasteiger partial charge on any atom is 0.214 e. The molecule has 6 heteroatoms. The first kappa shape index (κ1) is 14.5. The summed E-state index contributed by atoms with van der Waals surface area (Å²) in [6.45, 7) is 4.57. The molecule has 19 heavy (non-hydrogen) atoms. The van der Waals surface area contributed by atoms with E-state index in [0.29, 0.717) is 13.0 Å². The number of sulfonamides is 1. The van der Waals surface area contributed by atoms with Gasteiger partial charge in [-0.25, -0.2) is 8.42 Å². The molecule has 1 atom stereocenters. The van der Waals surface area contributed by atoms with E-state index >= 15 is 0 Å². The Kier molecular flexibility index (Phi) is 4.62. The van der Waals surface area contributed by atoms with Gasteiger partial charge < -0.3 is 4.52 Å². The summed E-state index contributed by atoms with van der Waals surface area (Å²) < 4.78 is 31.3. The minimum Gasteiger partial charge on any atom is -0.361 e. The van der Waals surface area contributed by atoms with Crippen molar-refractivity contribution in [2.24, 2.45) is 0 Å². The molecule has 1 aliphatic heterocycles. The molecule has 0 unspecified atom stereocenters. The number of hydrogen-bond donors (Lipinski definition) is 0. The highest BCUT2D eigenvalue weighted by molar-refractivity contribution is 7.89. The minimum atomic E-state index is -3.16. The number of rotatable bonds is 6. The van der Waals surface area contributed by atoms with Crippen molar-refractivity contribution < 1.29 is 12.9 Å². The van der Waals surface area contributed by atoms with Gasteiger partial charge in [-0.1, -0.05) is 19.0 Å². The summed E-state index contributed by atoms with van der Waals surface area (Å²) >= 11 is 0. The zero-order valence-electron chi connectivity index (χ0n) is 11.6. The third-order valence-electron chi connectivity index (χ3n) is 3.44. The Morgan fingerprint density at radius 1 is 1.42 bits per heavy atom. The molecule has 0 bridgehead atoms. The molecule has 2 rings (SSSR count). The first-order chi connectivity index (χ1) is 9.08. The monoisotopic (exact) mass is 286 g/mol. The van der Waals surface area contributed by atoms with Gasteiger partial charge >= 0.3 is 0 Å². The van der Waals surface area contributed by atoms with Crippen LogP contribution in [0.4, 0.5) is 0 Å². The van der Waals surface area contributed by atoms with E-state index in [0.717, 1.165) is 37.1 Å². The van der Waals surface area contributed by atoms with Gasteiger partial charge in [-0.3, -0.25) is 0 Å². The number of aryl methyl sites for hydroxylation is 1. The summed E-state index contributed by atoms with van der Waals surface area (Å²) in [5, 5.41) is 4.06. The number of nitrogens with zero attached hydrogens (tertiary/aromatic N) is 2. The van der Waals surface area contributed by atoms with Crippen LogP contribution in [-0.2, 0) is 16.4 Å². The molecule has 0 aliphatic carbocycles. The van der Waals surface area contributed by atoms with Crippen LogP contribution in [0.5, 0.6) is 0 Å². The summed E-state index contributed by atoms with van der Waals surface area (Å²) in [4.78, 5) is 0. The molecular formula is C13H22N2O3S. The molecule has 0 amide bonds. The Balaban J connectivity index is 2.18. The van der Waals surface area contributed by atoms with E-state index in [-0.39, 0.29) is 11.8 Å². The van der Waals surface area contributed by atoms with E-state index in [1.54, 1.807) is 4.31 Å². The van der Waals surface area contributed by atoms with Crippen molar-refractivity contribution in [3.8, 4) is 0 Å². The minimum absolute atomic E-state index is 0.133. The average molecular weight is 286 g/mol. The zero-order valence-corrected chi connectivity index (χ0v) is 12.4. The Labute approximate surface area is 115 Å². The Hall–Kier alpha value is -0.880. The lowest BCUT2D eigenvalue weighted by Crippen LogP contribution is -2.32. The van der Waals surface area contributed by atoms with E-state index in [2.05, 4.69) is 12.1 Å². The fourth-order valence-corrected chi connectivity index (χ4v) is 4.35. The van der Waals surface area contributed by atoms with Gasteiger partial charge in [0.25, 0.3) is 0 Å². The predicted octanol–water partition coefficient (Wildman–Crippen LogP) is 2.50. The van der Waals surface area contributed by atoms with E-state index < -0.39 is 10.0 Å². The van der Waals surface area contributed by atoms with E-state index in [1.165, 1.54) is 0 Å². The van der Waals surface area contributed by atoms with Crippen LogP contribution in [0.3, 0.4) is 0 Å². The van der Waals surface area contributed by atoms with Crippen LogP contribution in [0.2, 0.25) is 0 Å². The Bertz CT molecular complexity index is 510. The number of aromatic nitrogens is 1. The number of hydrogen-bond acceptors (Lipinski definition) is 4. The molecule has 108 valence electrons. The molecule has 2 heterocycles. The fourth-order valence-electron chi connectivity index (χ4n) is 2.59. The third kappa shape index (κ3) is 3.17. The van der Waals surface area contributed by atoms with E-state index in [4.69, 9.17) is 4.52 Å². The predicted molar refractivity (Wildman–Crippen MR) is 73.3 cm³/mol. The summed E-state index contributed by atoms with van der Waals surface area (Å²) in [7, 11) is -3.16. The average Bonchev–Trinajstić information content (AvgIpc) is 2.96. The van der Waals surface area contributed by atoms with Crippen molar-refractivity contribution in [2.45, 2.75) is 52.0 Å². The van der Waals surface area contributed by atoms with Gasteiger partial charge in [-0.05, 0) is 25.7 Å². The smallest absolute Gasteiger partial charge is 0.214 e. The molecule has 0 N–H and O–H groups in total. The van der Waals surface area contributed by atoms with Crippen molar-refractivity contribution in [1.29, 1.82) is 0 Å². The molecule has 0 aromatic carbocycles. The van der Waals surface area contributed by atoms with Crippen LogP contribution in [0.25, 0.3) is 0 Å². The van der Waals surface area contributed by atoms with E-state index in [9.17, 15) is 8.42 Å². The van der Waals surface area contributed by atoms with Crippen molar-refractivity contribution in [3.05, 3.63) is 17.5 Å². The summed E-state index contributed by atoms with van der Waals surface area (Å²) in [5.74, 6) is 1.06. The van der Waals surface area contributed by atoms with Gasteiger partial charge in [0.05, 0.1) is 11.8 Å². The van der Waals surface area contributed by atoms with Crippen molar-refractivity contribution in [3.63, 3.8) is 0 Å². The molecule has 0 radical (unpaired) electrons. The highest BCUT2D eigenvalue weighted by Crippen LogP contribution is 2.34. The molecule has 1 aliphatic rings. The topological polar surface area (TPSA) is 63.4 Å². The lowest BCUT2D eigenvalue weighted by molar-refractivity contribution is 0.343. The van der Waals surface area contributed by atoms with Crippen molar-refractivity contribution in [2.75, 3.05) is 12.3 Å². The molecule has 5 nitrogen and oxygen atoms in total. The van der Waals surface area contributed by atoms with Gasteiger partial charge in [0.1, 0.15) is 11.5 Å². The van der Waals surface area contributed by atoms with Crippen LogP contribution >= 0.6 is 0 Å². The van der Waals surface area contributed by atoms with E-state index in [1.807, 2.05) is 13.0 Å². The quantitative estimate of drug-likeness (QED) is 0.806. The van der Waals surface area contributed by atoms with Crippen LogP contribution in [-0.4, -0.2) is 30.2 Å². The van der Waals surface area contributed by atoms with Gasteiger partial charge in [0, 0.05) is 19.0 Å². The van der Waals surface area contributed by atoms with Crippen molar-refractivity contribution >= 4 is 10.0 Å². The molecule has 1 saturated heterocycles.